The molecule has 0 bridgehead atoms. The molecular formula is C15H18N2O4. The highest BCUT2D eigenvalue weighted by molar-refractivity contribution is 6.04. The minimum Gasteiger partial charge on any atom is -0.482 e. The van der Waals surface area contributed by atoms with Gasteiger partial charge in [-0.3, -0.25) is 19.3 Å². The van der Waals surface area contributed by atoms with E-state index in [9.17, 15) is 14.4 Å². The number of hydrogen-bond donors (Lipinski definition) is 1. The number of nitrogens with one attached hydrogen (secondary N) is 1. The molecule has 6 heteroatoms. The van der Waals surface area contributed by atoms with Crippen LogP contribution in [-0.4, -0.2) is 37.3 Å². The van der Waals surface area contributed by atoms with Gasteiger partial charge in [-0.2, -0.15) is 0 Å². The van der Waals surface area contributed by atoms with Gasteiger partial charge in [0.25, 0.3) is 5.91 Å². The van der Waals surface area contributed by atoms with Crippen molar-refractivity contribution in [1.29, 1.82) is 0 Å². The van der Waals surface area contributed by atoms with Crippen molar-refractivity contribution in [3.05, 3.63) is 23.8 Å². The number of nitrogens with zero attached hydrogens (tertiary/aromatic N) is 1. The molecule has 1 aromatic rings. The van der Waals surface area contributed by atoms with E-state index in [4.69, 9.17) is 4.74 Å². The van der Waals surface area contributed by atoms with Gasteiger partial charge >= 0.3 is 0 Å². The number of carbonyl (C=O) groups excluding carboxylic acids is 3. The topological polar surface area (TPSA) is 75.7 Å². The molecule has 21 heavy (non-hydrogen) atoms. The van der Waals surface area contributed by atoms with Crippen molar-refractivity contribution in [1.82, 2.24) is 5.32 Å². The van der Waals surface area contributed by atoms with Gasteiger partial charge in [0.15, 0.2) is 12.4 Å². The molecule has 1 aliphatic rings. The minimum absolute atomic E-state index is 0.0196. The van der Waals surface area contributed by atoms with Crippen LogP contribution in [0.3, 0.4) is 0 Å². The Bertz CT molecular complexity index is 583. The van der Waals surface area contributed by atoms with Crippen LogP contribution < -0.4 is 15.0 Å². The molecule has 0 spiro atoms. The summed E-state index contributed by atoms with van der Waals surface area (Å²) >= 11 is 0. The molecule has 1 aromatic carbocycles. The van der Waals surface area contributed by atoms with E-state index in [1.54, 1.807) is 25.1 Å². The number of carbonyl (C=O) groups is 3. The Hall–Kier alpha value is -2.37. The van der Waals surface area contributed by atoms with E-state index in [2.05, 4.69) is 5.32 Å². The quantitative estimate of drug-likeness (QED) is 0.825. The normalized spacial score (nSPS) is 13.4. The van der Waals surface area contributed by atoms with E-state index < -0.39 is 0 Å². The first-order valence-corrected chi connectivity index (χ1v) is 6.94. The zero-order chi connectivity index (χ0) is 15.4. The van der Waals surface area contributed by atoms with Crippen LogP contribution in [0.5, 0.6) is 5.75 Å². The number of likely N-dealkylation sites (N-methyl/N-ethyl adjacent to an activating group) is 1. The Morgan fingerprint density at radius 3 is 2.76 bits per heavy atom. The zero-order valence-corrected chi connectivity index (χ0v) is 12.1. The number of anilines is 1. The summed E-state index contributed by atoms with van der Waals surface area (Å²) in [5, 5.41) is 2.65. The van der Waals surface area contributed by atoms with Crippen LogP contribution in [-0.2, 0) is 9.59 Å². The smallest absolute Gasteiger partial charge is 0.265 e. The average molecular weight is 290 g/mol. The number of fused-ring (bicyclic) bond motifs is 1. The lowest BCUT2D eigenvalue weighted by Crippen LogP contribution is -2.45. The van der Waals surface area contributed by atoms with Crippen LogP contribution in [0.1, 0.15) is 30.6 Å². The summed E-state index contributed by atoms with van der Waals surface area (Å²) < 4.78 is 5.34. The molecular weight excluding hydrogens is 272 g/mol. The summed E-state index contributed by atoms with van der Waals surface area (Å²) in [6, 6.07) is 4.94. The lowest BCUT2D eigenvalue weighted by Gasteiger charge is -2.29. The average Bonchev–Trinajstić information content (AvgIpc) is 2.49. The Kier molecular flexibility index (Phi) is 4.57. The third-order valence-electron chi connectivity index (χ3n) is 3.22. The fourth-order valence-electron chi connectivity index (χ4n) is 2.15. The van der Waals surface area contributed by atoms with Crippen molar-refractivity contribution >= 4 is 23.3 Å². The fourth-order valence-corrected chi connectivity index (χ4v) is 2.15. The molecule has 0 unspecified atom stereocenters. The summed E-state index contributed by atoms with van der Waals surface area (Å²) in [7, 11) is 0. The lowest BCUT2D eigenvalue weighted by molar-refractivity contribution is -0.125. The number of benzene rings is 1. The van der Waals surface area contributed by atoms with Gasteiger partial charge in [-0.05, 0) is 25.1 Å². The second-order valence-corrected chi connectivity index (χ2v) is 4.68. The Balaban J connectivity index is 2.33. The van der Waals surface area contributed by atoms with E-state index in [0.717, 1.165) is 0 Å². The molecule has 0 atom stereocenters. The molecule has 0 aliphatic carbocycles. The van der Waals surface area contributed by atoms with E-state index in [0.29, 0.717) is 30.0 Å². The van der Waals surface area contributed by atoms with Crippen LogP contribution in [0.15, 0.2) is 18.2 Å². The first-order chi connectivity index (χ1) is 10.1. The van der Waals surface area contributed by atoms with Crippen LogP contribution in [0.2, 0.25) is 0 Å². The molecule has 1 N–H and O–H groups in total. The second-order valence-electron chi connectivity index (χ2n) is 4.68. The van der Waals surface area contributed by atoms with Crippen LogP contribution >= 0.6 is 0 Å². The van der Waals surface area contributed by atoms with E-state index in [-0.39, 0.29) is 30.7 Å². The molecule has 2 amide bonds. The summed E-state index contributed by atoms with van der Waals surface area (Å²) in [6.07, 6.45) is 0.379. The largest absolute Gasteiger partial charge is 0.482 e. The minimum atomic E-state index is -0.296. The van der Waals surface area contributed by atoms with Crippen molar-refractivity contribution in [2.24, 2.45) is 0 Å². The molecule has 0 saturated heterocycles. The van der Waals surface area contributed by atoms with Gasteiger partial charge < -0.3 is 10.1 Å². The maximum Gasteiger partial charge on any atom is 0.265 e. The van der Waals surface area contributed by atoms with E-state index in [1.165, 1.54) is 4.90 Å². The Labute approximate surface area is 123 Å². The standard InChI is InChI=1S/C15H18N2O4/c1-3-12(18)10-5-6-13-11(7-10)17(15(20)9-21-13)8-14(19)16-4-2/h5-7H,3-4,8-9H2,1-2H3,(H,16,19). The SMILES string of the molecule is CCNC(=O)CN1C(=O)COc2ccc(C(=O)CC)cc21. The van der Waals surface area contributed by atoms with Gasteiger partial charge in [-0.25, -0.2) is 0 Å². The van der Waals surface area contributed by atoms with Gasteiger partial charge in [-0.1, -0.05) is 6.92 Å². The number of rotatable bonds is 5. The Morgan fingerprint density at radius 2 is 2.10 bits per heavy atom. The highest BCUT2D eigenvalue weighted by Gasteiger charge is 2.27. The van der Waals surface area contributed by atoms with E-state index >= 15 is 0 Å². The Morgan fingerprint density at radius 1 is 1.33 bits per heavy atom. The molecule has 0 saturated carbocycles. The third-order valence-corrected chi connectivity index (χ3v) is 3.22. The predicted octanol–water partition coefficient (Wildman–Crippen LogP) is 1.14. The molecule has 1 heterocycles. The summed E-state index contributed by atoms with van der Waals surface area (Å²) in [4.78, 5) is 36.9. The number of ether oxygens (including phenoxy) is 1. The number of hydrogen-bond acceptors (Lipinski definition) is 4. The van der Waals surface area contributed by atoms with Crippen molar-refractivity contribution in [2.45, 2.75) is 20.3 Å². The molecule has 2 rings (SSSR count). The first kappa shape index (κ1) is 15.0. The number of ketones is 1. The zero-order valence-electron chi connectivity index (χ0n) is 12.1. The summed E-state index contributed by atoms with van der Waals surface area (Å²) in [5.74, 6) is -0.0545. The molecule has 0 aromatic heterocycles. The van der Waals surface area contributed by atoms with Gasteiger partial charge in [0.05, 0.1) is 5.69 Å². The van der Waals surface area contributed by atoms with Crippen molar-refractivity contribution in [3.63, 3.8) is 0 Å². The van der Waals surface area contributed by atoms with Gasteiger partial charge in [0.1, 0.15) is 12.3 Å². The first-order valence-electron chi connectivity index (χ1n) is 6.94. The number of amides is 2. The van der Waals surface area contributed by atoms with Gasteiger partial charge in [0.2, 0.25) is 5.91 Å². The summed E-state index contributed by atoms with van der Waals surface area (Å²) in [6.45, 7) is 3.90. The molecule has 0 radical (unpaired) electrons. The number of Topliss-reactive ketones (excluding diaryl/α,β-unsaturated/α-hetero) is 1. The fraction of sp³-hybridized carbons (Fsp3) is 0.400. The molecule has 6 nitrogen and oxygen atoms in total. The highest BCUT2D eigenvalue weighted by atomic mass is 16.5. The third kappa shape index (κ3) is 3.21. The maximum atomic E-state index is 12.0. The van der Waals surface area contributed by atoms with Gasteiger partial charge in [0, 0.05) is 18.5 Å². The maximum absolute atomic E-state index is 12.0. The van der Waals surface area contributed by atoms with Gasteiger partial charge in [-0.15, -0.1) is 0 Å². The van der Waals surface area contributed by atoms with Crippen molar-refractivity contribution < 1.29 is 19.1 Å². The van der Waals surface area contributed by atoms with E-state index in [1.807, 2.05) is 6.92 Å². The summed E-state index contributed by atoms with van der Waals surface area (Å²) in [5.41, 5.74) is 0.979. The van der Waals surface area contributed by atoms with Crippen molar-refractivity contribution in [3.8, 4) is 5.75 Å². The van der Waals surface area contributed by atoms with Crippen LogP contribution in [0.4, 0.5) is 5.69 Å². The highest BCUT2D eigenvalue weighted by Crippen LogP contribution is 2.33. The molecule has 0 fully saturated rings. The van der Waals surface area contributed by atoms with Crippen LogP contribution in [0.25, 0.3) is 0 Å². The van der Waals surface area contributed by atoms with Crippen molar-refractivity contribution in [2.75, 3.05) is 24.6 Å². The molecule has 1 aliphatic heterocycles. The second kappa shape index (κ2) is 6.39. The molecule has 112 valence electrons. The monoisotopic (exact) mass is 290 g/mol. The predicted molar refractivity (Wildman–Crippen MR) is 77.6 cm³/mol. The lowest BCUT2D eigenvalue weighted by atomic mass is 10.1. The van der Waals surface area contributed by atoms with Crippen LogP contribution in [0, 0.1) is 0 Å².